The van der Waals surface area contributed by atoms with Gasteiger partial charge < -0.3 is 9.42 Å². The monoisotopic (exact) mass is 393 g/mol. The minimum absolute atomic E-state index is 0.0713. The van der Waals surface area contributed by atoms with E-state index < -0.39 is 0 Å². The number of halogens is 1. The van der Waals surface area contributed by atoms with Crippen molar-refractivity contribution >= 4 is 11.6 Å². The molecule has 29 heavy (non-hydrogen) atoms. The van der Waals surface area contributed by atoms with Gasteiger partial charge in [-0.3, -0.25) is 4.79 Å². The summed E-state index contributed by atoms with van der Waals surface area (Å²) in [6.07, 6.45) is 0.264. The fourth-order valence-electron chi connectivity index (χ4n) is 3.63. The van der Waals surface area contributed by atoms with E-state index in [1.165, 1.54) is 11.6 Å². The third-order valence-corrected chi connectivity index (χ3v) is 5.46. The van der Waals surface area contributed by atoms with Crippen LogP contribution < -0.4 is 4.90 Å². The first kappa shape index (κ1) is 19.3. The van der Waals surface area contributed by atoms with Crippen molar-refractivity contribution in [2.75, 3.05) is 11.4 Å². The molecule has 0 N–H and O–H groups in total. The van der Waals surface area contributed by atoms with E-state index in [2.05, 4.69) is 43.0 Å². The van der Waals surface area contributed by atoms with Crippen LogP contribution in [0, 0.1) is 12.7 Å². The summed E-state index contributed by atoms with van der Waals surface area (Å²) in [5.74, 6) is 0.342. The summed E-state index contributed by atoms with van der Waals surface area (Å²) in [5.41, 5.74) is 3.23. The molecule has 6 heteroatoms. The molecular weight excluding hydrogens is 369 g/mol. The van der Waals surface area contributed by atoms with E-state index in [0.29, 0.717) is 29.5 Å². The molecule has 4 rings (SSSR count). The van der Waals surface area contributed by atoms with Crippen molar-refractivity contribution in [2.45, 2.75) is 45.4 Å². The molecule has 2 heterocycles. The molecule has 0 bridgehead atoms. The van der Waals surface area contributed by atoms with Crippen molar-refractivity contribution in [1.29, 1.82) is 0 Å². The lowest BCUT2D eigenvalue weighted by atomic mass is 9.87. The summed E-state index contributed by atoms with van der Waals surface area (Å²) in [6.45, 7) is 8.57. The number of carbonyl (C=O) groups is 1. The summed E-state index contributed by atoms with van der Waals surface area (Å²) < 4.78 is 19.4. The first-order chi connectivity index (χ1) is 13.7. The van der Waals surface area contributed by atoms with E-state index in [0.717, 1.165) is 5.56 Å². The van der Waals surface area contributed by atoms with Gasteiger partial charge >= 0.3 is 0 Å². The van der Waals surface area contributed by atoms with Gasteiger partial charge in [0.2, 0.25) is 17.6 Å². The van der Waals surface area contributed by atoms with Crippen molar-refractivity contribution in [3.05, 3.63) is 65.3 Å². The predicted octanol–water partition coefficient (Wildman–Crippen LogP) is 5.00. The van der Waals surface area contributed by atoms with Crippen LogP contribution in [-0.2, 0) is 10.2 Å². The van der Waals surface area contributed by atoms with E-state index in [4.69, 9.17) is 4.52 Å². The molecule has 1 atom stereocenters. The highest BCUT2D eigenvalue weighted by atomic mass is 19.1. The van der Waals surface area contributed by atoms with Crippen LogP contribution in [0.1, 0.15) is 50.1 Å². The zero-order chi connectivity index (χ0) is 20.8. The average molecular weight is 393 g/mol. The number of hydrogen-bond donors (Lipinski definition) is 0. The highest BCUT2D eigenvalue weighted by Crippen LogP contribution is 2.34. The smallest absolute Gasteiger partial charge is 0.232 e. The lowest BCUT2D eigenvalue weighted by Crippen LogP contribution is -2.25. The molecular formula is C23H24FN3O2. The summed E-state index contributed by atoms with van der Waals surface area (Å²) in [5, 5.41) is 4.10. The Morgan fingerprint density at radius 3 is 2.55 bits per heavy atom. The number of hydrogen-bond acceptors (Lipinski definition) is 4. The summed E-state index contributed by atoms with van der Waals surface area (Å²) in [4.78, 5) is 18.7. The van der Waals surface area contributed by atoms with Crippen molar-refractivity contribution in [2.24, 2.45) is 0 Å². The normalized spacial score (nSPS) is 17.2. The molecule has 0 saturated carbocycles. The Labute approximate surface area is 169 Å². The quantitative estimate of drug-likeness (QED) is 0.628. The van der Waals surface area contributed by atoms with E-state index in [9.17, 15) is 9.18 Å². The largest absolute Gasteiger partial charge is 0.339 e. The van der Waals surface area contributed by atoms with Gasteiger partial charge in [-0.25, -0.2) is 4.39 Å². The molecule has 1 amide bonds. The number of anilines is 1. The SMILES string of the molecule is Cc1c(F)cccc1N1CC(c2nc(-c3ccc(C(C)(C)C)cc3)no2)CC1=O. The Balaban J connectivity index is 1.54. The number of nitrogens with zero attached hydrogens (tertiary/aromatic N) is 3. The van der Waals surface area contributed by atoms with E-state index >= 15 is 0 Å². The molecule has 1 aliphatic heterocycles. The lowest BCUT2D eigenvalue weighted by Gasteiger charge is -2.18. The fourth-order valence-corrected chi connectivity index (χ4v) is 3.63. The van der Waals surface area contributed by atoms with Gasteiger partial charge in [0.1, 0.15) is 5.82 Å². The van der Waals surface area contributed by atoms with Crippen LogP contribution in [0.3, 0.4) is 0 Å². The van der Waals surface area contributed by atoms with Crippen molar-refractivity contribution < 1.29 is 13.7 Å². The van der Waals surface area contributed by atoms with Gasteiger partial charge in [-0.2, -0.15) is 4.98 Å². The molecule has 1 fully saturated rings. The van der Waals surface area contributed by atoms with Gasteiger partial charge in [0.05, 0.1) is 5.92 Å². The van der Waals surface area contributed by atoms with Gasteiger partial charge in [-0.15, -0.1) is 0 Å². The average Bonchev–Trinajstić information content (AvgIpc) is 3.30. The number of carbonyl (C=O) groups excluding carboxylic acids is 1. The second-order valence-electron chi connectivity index (χ2n) is 8.57. The number of benzene rings is 2. The van der Waals surface area contributed by atoms with Crippen LogP contribution in [0.25, 0.3) is 11.4 Å². The van der Waals surface area contributed by atoms with Gasteiger partial charge in [0.25, 0.3) is 0 Å². The lowest BCUT2D eigenvalue weighted by molar-refractivity contribution is -0.117. The van der Waals surface area contributed by atoms with Crippen LogP contribution in [0.5, 0.6) is 0 Å². The maximum Gasteiger partial charge on any atom is 0.232 e. The van der Waals surface area contributed by atoms with Crippen molar-refractivity contribution in [3.63, 3.8) is 0 Å². The van der Waals surface area contributed by atoms with Gasteiger partial charge in [-0.1, -0.05) is 56.3 Å². The fraction of sp³-hybridized carbons (Fsp3) is 0.348. The Kier molecular flexibility index (Phi) is 4.73. The third-order valence-electron chi connectivity index (χ3n) is 5.46. The van der Waals surface area contributed by atoms with E-state index in [-0.39, 0.29) is 29.5 Å². The molecule has 0 aliphatic carbocycles. The second-order valence-corrected chi connectivity index (χ2v) is 8.57. The molecule has 0 spiro atoms. The summed E-state index contributed by atoms with van der Waals surface area (Å²) >= 11 is 0. The Morgan fingerprint density at radius 2 is 1.86 bits per heavy atom. The third kappa shape index (κ3) is 3.67. The summed E-state index contributed by atoms with van der Waals surface area (Å²) in [7, 11) is 0. The Bertz CT molecular complexity index is 1050. The van der Waals surface area contributed by atoms with Gasteiger partial charge in [0.15, 0.2) is 0 Å². The predicted molar refractivity (Wildman–Crippen MR) is 109 cm³/mol. The van der Waals surface area contributed by atoms with Gasteiger partial charge in [0, 0.05) is 29.8 Å². The number of aromatic nitrogens is 2. The zero-order valence-electron chi connectivity index (χ0n) is 17.1. The minimum atomic E-state index is -0.322. The van der Waals surface area contributed by atoms with Crippen molar-refractivity contribution in [3.8, 4) is 11.4 Å². The van der Waals surface area contributed by atoms with E-state index in [1.807, 2.05) is 12.1 Å². The second kappa shape index (κ2) is 7.10. The maximum atomic E-state index is 13.9. The molecule has 1 aromatic heterocycles. The molecule has 0 radical (unpaired) electrons. The van der Waals surface area contributed by atoms with Crippen molar-refractivity contribution in [1.82, 2.24) is 10.1 Å². The van der Waals surface area contributed by atoms with Crippen LogP contribution in [0.2, 0.25) is 0 Å². The molecule has 1 saturated heterocycles. The zero-order valence-corrected chi connectivity index (χ0v) is 17.1. The van der Waals surface area contributed by atoms with E-state index in [1.54, 1.807) is 24.0 Å². The number of amides is 1. The van der Waals surface area contributed by atoms with Crippen LogP contribution in [0.15, 0.2) is 47.0 Å². The number of rotatable bonds is 3. The Morgan fingerprint density at radius 1 is 1.14 bits per heavy atom. The molecule has 150 valence electrons. The molecule has 2 aromatic carbocycles. The maximum absolute atomic E-state index is 13.9. The first-order valence-electron chi connectivity index (χ1n) is 9.74. The first-order valence-corrected chi connectivity index (χ1v) is 9.74. The van der Waals surface area contributed by atoms with Crippen LogP contribution >= 0.6 is 0 Å². The highest BCUT2D eigenvalue weighted by molar-refractivity contribution is 5.97. The molecule has 3 aromatic rings. The topological polar surface area (TPSA) is 59.2 Å². The van der Waals surface area contributed by atoms with Crippen LogP contribution in [-0.4, -0.2) is 22.6 Å². The standard InChI is InChI=1S/C23H24FN3O2/c1-14-18(24)6-5-7-19(14)27-13-16(12-20(27)28)22-25-21(26-29-22)15-8-10-17(11-9-15)23(2,3)4/h5-11,16H,12-13H2,1-4H3. The summed E-state index contributed by atoms with van der Waals surface area (Å²) in [6, 6.07) is 12.9. The molecule has 1 aliphatic rings. The Hall–Kier alpha value is -3.02. The minimum Gasteiger partial charge on any atom is -0.339 e. The van der Waals surface area contributed by atoms with Crippen LogP contribution in [0.4, 0.5) is 10.1 Å². The molecule has 1 unspecified atom stereocenters. The highest BCUT2D eigenvalue weighted by Gasteiger charge is 2.36. The van der Waals surface area contributed by atoms with Gasteiger partial charge in [-0.05, 0) is 30.0 Å². The molecule has 5 nitrogen and oxygen atoms in total.